The number of nitro groups is 1. The van der Waals surface area contributed by atoms with Crippen LogP contribution in [0.15, 0.2) is 18.2 Å². The number of hydrogen-bond donors (Lipinski definition) is 0. The van der Waals surface area contributed by atoms with E-state index in [1.54, 1.807) is 18.7 Å². The molecule has 0 N–H and O–H groups in total. The number of nitro benzene ring substituents is 1. The minimum Gasteiger partial charge on any atom is -0.481 e. The molecule has 0 aromatic heterocycles. The molecule has 0 aliphatic carbocycles. The molecule has 184 valence electrons. The van der Waals surface area contributed by atoms with Gasteiger partial charge in [0, 0.05) is 37.3 Å². The Balaban J connectivity index is 1.67. The van der Waals surface area contributed by atoms with Gasteiger partial charge in [-0.3, -0.25) is 14.9 Å². The van der Waals surface area contributed by atoms with Gasteiger partial charge in [-0.1, -0.05) is 34.8 Å². The lowest BCUT2D eigenvalue weighted by atomic mass is 10.1. The van der Waals surface area contributed by atoms with Gasteiger partial charge in [0.25, 0.3) is 11.6 Å². The van der Waals surface area contributed by atoms with Gasteiger partial charge in [-0.2, -0.15) is 13.2 Å². The molecule has 2 aromatic rings. The molecule has 13 heteroatoms. The molecule has 1 saturated heterocycles. The van der Waals surface area contributed by atoms with Crippen LogP contribution in [0.4, 0.5) is 24.5 Å². The van der Waals surface area contributed by atoms with Crippen LogP contribution in [0.1, 0.15) is 16.7 Å². The Morgan fingerprint density at radius 1 is 1.06 bits per heavy atom. The van der Waals surface area contributed by atoms with Crippen LogP contribution in [0.25, 0.3) is 0 Å². The quantitative estimate of drug-likeness (QED) is 0.348. The first-order chi connectivity index (χ1) is 15.8. The van der Waals surface area contributed by atoms with Gasteiger partial charge in [0.15, 0.2) is 12.4 Å². The number of carbonyl (C=O) groups is 1. The second-order valence-corrected chi connectivity index (χ2v) is 8.77. The maximum absolute atomic E-state index is 12.9. The number of hydrogen-bond acceptors (Lipinski definition) is 5. The summed E-state index contributed by atoms with van der Waals surface area (Å²) >= 11 is 18.7. The van der Waals surface area contributed by atoms with E-state index in [0.29, 0.717) is 22.2 Å². The zero-order chi connectivity index (χ0) is 25.4. The van der Waals surface area contributed by atoms with E-state index < -0.39 is 22.4 Å². The summed E-state index contributed by atoms with van der Waals surface area (Å²) in [7, 11) is 0. The molecular weight excluding hydrogens is 522 g/mol. The summed E-state index contributed by atoms with van der Waals surface area (Å²) in [6.07, 6.45) is -4.69. The Morgan fingerprint density at radius 2 is 1.62 bits per heavy atom. The van der Waals surface area contributed by atoms with E-state index in [1.165, 1.54) is 4.90 Å². The van der Waals surface area contributed by atoms with E-state index in [-0.39, 0.29) is 60.2 Å². The number of anilines is 1. The number of carbonyl (C=O) groups excluding carboxylic acids is 1. The first-order valence-electron chi connectivity index (χ1n) is 9.97. The third-order valence-corrected chi connectivity index (χ3v) is 7.01. The molecule has 2 aromatic carbocycles. The average Bonchev–Trinajstić information content (AvgIpc) is 2.80. The first kappa shape index (κ1) is 26.2. The fourth-order valence-electron chi connectivity index (χ4n) is 3.57. The van der Waals surface area contributed by atoms with Gasteiger partial charge in [0.1, 0.15) is 5.69 Å². The fraction of sp³-hybridized carbons (Fsp3) is 0.381. The number of alkyl halides is 3. The predicted molar refractivity (Wildman–Crippen MR) is 123 cm³/mol. The van der Waals surface area contributed by atoms with Gasteiger partial charge in [0.05, 0.1) is 20.5 Å². The van der Waals surface area contributed by atoms with Crippen molar-refractivity contribution in [3.63, 3.8) is 0 Å². The number of ether oxygens (including phenoxy) is 1. The van der Waals surface area contributed by atoms with Crippen LogP contribution in [0, 0.1) is 24.0 Å². The second-order valence-electron chi connectivity index (χ2n) is 7.64. The maximum atomic E-state index is 12.9. The van der Waals surface area contributed by atoms with Crippen molar-refractivity contribution in [1.29, 1.82) is 0 Å². The molecule has 0 bridgehead atoms. The van der Waals surface area contributed by atoms with E-state index in [9.17, 15) is 28.1 Å². The first-order valence-corrected chi connectivity index (χ1v) is 11.1. The highest BCUT2D eigenvalue weighted by atomic mass is 35.5. The van der Waals surface area contributed by atoms with Crippen molar-refractivity contribution in [2.75, 3.05) is 37.7 Å². The molecule has 1 aliphatic rings. The van der Waals surface area contributed by atoms with Crippen molar-refractivity contribution < 1.29 is 27.6 Å². The predicted octanol–water partition coefficient (Wildman–Crippen LogP) is 5.92. The minimum absolute atomic E-state index is 0.0621. The number of halogens is 6. The molecule has 0 unspecified atom stereocenters. The van der Waals surface area contributed by atoms with E-state index in [4.69, 9.17) is 39.5 Å². The Labute approximate surface area is 208 Å². The van der Waals surface area contributed by atoms with Gasteiger partial charge in [-0.25, -0.2) is 0 Å². The normalized spacial score (nSPS) is 14.4. The molecule has 7 nitrogen and oxygen atoms in total. The minimum atomic E-state index is -4.69. The number of piperazine rings is 1. The smallest absolute Gasteiger partial charge is 0.416 e. The lowest BCUT2D eigenvalue weighted by molar-refractivity contribution is -0.384. The zero-order valence-corrected chi connectivity index (χ0v) is 20.3. The Kier molecular flexibility index (Phi) is 7.74. The van der Waals surface area contributed by atoms with Gasteiger partial charge in [-0.05, 0) is 37.1 Å². The number of benzene rings is 2. The Bertz CT molecular complexity index is 1110. The Morgan fingerprint density at radius 3 is 2.12 bits per heavy atom. The highest BCUT2D eigenvalue weighted by Crippen LogP contribution is 2.42. The summed E-state index contributed by atoms with van der Waals surface area (Å²) in [6.45, 7) is 3.82. The number of amides is 1. The van der Waals surface area contributed by atoms with Gasteiger partial charge >= 0.3 is 6.18 Å². The van der Waals surface area contributed by atoms with E-state index >= 15 is 0 Å². The van der Waals surface area contributed by atoms with Gasteiger partial charge in [0.2, 0.25) is 0 Å². The van der Waals surface area contributed by atoms with Gasteiger partial charge in [-0.15, -0.1) is 0 Å². The van der Waals surface area contributed by atoms with Crippen LogP contribution in [0.2, 0.25) is 15.1 Å². The molecule has 34 heavy (non-hydrogen) atoms. The second kappa shape index (κ2) is 10.1. The van der Waals surface area contributed by atoms with Crippen LogP contribution in [-0.4, -0.2) is 48.5 Å². The summed E-state index contributed by atoms with van der Waals surface area (Å²) in [5.41, 5.74) is -0.541. The fourth-order valence-corrected chi connectivity index (χ4v) is 4.39. The SMILES string of the molecule is Cc1c(Cl)c(C)c(Cl)c(OCC(=O)N2CCN(c3ccc(C(F)(F)F)cc3[N+](=O)[O-])CC2)c1Cl. The molecule has 3 rings (SSSR count). The van der Waals surface area contributed by atoms with Crippen LogP contribution >= 0.6 is 34.8 Å². The van der Waals surface area contributed by atoms with Crippen molar-refractivity contribution in [1.82, 2.24) is 4.90 Å². The highest BCUT2D eigenvalue weighted by Gasteiger charge is 2.34. The van der Waals surface area contributed by atoms with Crippen molar-refractivity contribution in [2.45, 2.75) is 20.0 Å². The van der Waals surface area contributed by atoms with Crippen molar-refractivity contribution >= 4 is 52.1 Å². The molecule has 1 aliphatic heterocycles. The lowest BCUT2D eigenvalue weighted by Crippen LogP contribution is -2.50. The third-order valence-electron chi connectivity index (χ3n) is 5.53. The van der Waals surface area contributed by atoms with Crippen molar-refractivity contribution in [3.8, 4) is 5.75 Å². The molecule has 0 radical (unpaired) electrons. The van der Waals surface area contributed by atoms with Crippen LogP contribution in [0.3, 0.4) is 0 Å². The van der Waals surface area contributed by atoms with E-state index in [2.05, 4.69) is 0 Å². The summed E-state index contributed by atoms with van der Waals surface area (Å²) in [6, 6.07) is 2.40. The molecule has 0 saturated carbocycles. The summed E-state index contributed by atoms with van der Waals surface area (Å²) < 4.78 is 44.4. The average molecular weight is 541 g/mol. The number of nitrogens with zero attached hydrogens (tertiary/aromatic N) is 3. The van der Waals surface area contributed by atoms with Gasteiger partial charge < -0.3 is 14.5 Å². The molecule has 0 atom stereocenters. The van der Waals surface area contributed by atoms with Crippen LogP contribution in [0.5, 0.6) is 5.75 Å². The molecule has 0 spiro atoms. The Hall–Kier alpha value is -2.43. The van der Waals surface area contributed by atoms with Crippen molar-refractivity contribution in [3.05, 3.63) is 60.1 Å². The lowest BCUT2D eigenvalue weighted by Gasteiger charge is -2.35. The molecule has 1 fully saturated rings. The monoisotopic (exact) mass is 539 g/mol. The largest absolute Gasteiger partial charge is 0.481 e. The zero-order valence-electron chi connectivity index (χ0n) is 18.0. The summed E-state index contributed by atoms with van der Waals surface area (Å²) in [5, 5.41) is 12.2. The molecular formula is C21H19Cl3F3N3O4. The molecule has 1 amide bonds. The van der Waals surface area contributed by atoms with Crippen LogP contribution in [-0.2, 0) is 11.0 Å². The highest BCUT2D eigenvalue weighted by molar-refractivity contribution is 6.42. The van der Waals surface area contributed by atoms with E-state index in [1.807, 2.05) is 0 Å². The summed E-state index contributed by atoms with van der Waals surface area (Å²) in [4.78, 5) is 26.2. The third kappa shape index (κ3) is 5.29. The van der Waals surface area contributed by atoms with Crippen LogP contribution < -0.4 is 9.64 Å². The topological polar surface area (TPSA) is 75.9 Å². The summed E-state index contributed by atoms with van der Waals surface area (Å²) in [5.74, 6) is -0.214. The van der Waals surface area contributed by atoms with Crippen molar-refractivity contribution in [2.24, 2.45) is 0 Å². The maximum Gasteiger partial charge on any atom is 0.416 e. The molecule has 1 heterocycles. The standard InChI is InChI=1S/C21H19Cl3F3N3O4/c1-11-17(22)12(2)19(24)20(18(11)23)34-10-16(31)29-7-5-28(6-8-29)14-4-3-13(21(25,26)27)9-15(14)30(32)33/h3-4,9H,5-8,10H2,1-2H3. The van der Waals surface area contributed by atoms with E-state index in [0.717, 1.165) is 12.1 Å². The number of rotatable bonds is 5.